The molecule has 0 saturated carbocycles. The van der Waals surface area contributed by atoms with Crippen LogP contribution in [0.2, 0.25) is 0 Å². The van der Waals surface area contributed by atoms with Gasteiger partial charge in [0.25, 0.3) is 5.69 Å². The average Bonchev–Trinajstić information content (AvgIpc) is 3.03. The van der Waals surface area contributed by atoms with Crippen molar-refractivity contribution in [2.75, 3.05) is 6.54 Å². The standard InChI is InChI=1S/C21H21N3O6S/c1-4-13-23-19(30-31(28,29)16-11-9-15(2)10-12-16)14-21(3,22-23)20(25)17-7-5-6-8-18(17)24(26)27/h4-12,14,22H,1,13H2,2-3H3. The van der Waals surface area contributed by atoms with Crippen LogP contribution in [0.25, 0.3) is 0 Å². The maximum Gasteiger partial charge on any atom is 0.340 e. The van der Waals surface area contributed by atoms with Crippen LogP contribution in [-0.4, -0.2) is 36.2 Å². The number of para-hydroxylation sites is 1. The zero-order chi connectivity index (χ0) is 22.8. The van der Waals surface area contributed by atoms with Gasteiger partial charge in [-0.1, -0.05) is 35.9 Å². The van der Waals surface area contributed by atoms with E-state index in [-0.39, 0.29) is 28.6 Å². The molecule has 1 aliphatic heterocycles. The smallest absolute Gasteiger partial charge is 0.340 e. The third kappa shape index (κ3) is 4.49. The number of ketones is 1. The maximum atomic E-state index is 13.2. The second kappa shape index (κ2) is 8.32. The first-order valence-electron chi connectivity index (χ1n) is 9.26. The van der Waals surface area contributed by atoms with Gasteiger partial charge >= 0.3 is 10.1 Å². The van der Waals surface area contributed by atoms with Crippen molar-refractivity contribution in [1.29, 1.82) is 0 Å². The SMILES string of the molecule is C=CCN1NC(C)(C(=O)c2ccccc2[N+](=O)[O-])C=C1OS(=O)(=O)c1ccc(C)cc1. The Labute approximate surface area is 179 Å². The summed E-state index contributed by atoms with van der Waals surface area (Å²) in [5, 5.41) is 12.6. The molecule has 0 radical (unpaired) electrons. The van der Waals surface area contributed by atoms with E-state index in [1.165, 1.54) is 60.5 Å². The summed E-state index contributed by atoms with van der Waals surface area (Å²) in [4.78, 5) is 23.8. The Kier molecular flexibility index (Phi) is 5.96. The molecule has 0 fully saturated rings. The summed E-state index contributed by atoms with van der Waals surface area (Å²) < 4.78 is 30.8. The number of carbonyl (C=O) groups excluding carboxylic acids is 1. The summed E-state index contributed by atoms with van der Waals surface area (Å²) in [7, 11) is -4.18. The van der Waals surface area contributed by atoms with E-state index in [2.05, 4.69) is 12.0 Å². The second-order valence-electron chi connectivity index (χ2n) is 7.15. The molecule has 162 valence electrons. The lowest BCUT2D eigenvalue weighted by Crippen LogP contribution is -2.50. The Hall–Kier alpha value is -3.50. The first kappa shape index (κ1) is 22.2. The van der Waals surface area contributed by atoms with Crippen molar-refractivity contribution in [3.05, 3.63) is 94.4 Å². The molecule has 1 unspecified atom stereocenters. The number of nitro benzene ring substituents is 1. The van der Waals surface area contributed by atoms with Crippen LogP contribution < -0.4 is 5.43 Å². The van der Waals surface area contributed by atoms with Gasteiger partial charge in [0.15, 0.2) is 5.78 Å². The average molecular weight is 443 g/mol. The highest BCUT2D eigenvalue weighted by Crippen LogP contribution is 2.31. The van der Waals surface area contributed by atoms with Gasteiger partial charge in [0, 0.05) is 12.1 Å². The second-order valence-corrected chi connectivity index (χ2v) is 8.70. The van der Waals surface area contributed by atoms with Gasteiger partial charge in [-0.3, -0.25) is 19.9 Å². The Morgan fingerprint density at radius 2 is 1.90 bits per heavy atom. The summed E-state index contributed by atoms with van der Waals surface area (Å²) in [6, 6.07) is 11.7. The fourth-order valence-electron chi connectivity index (χ4n) is 3.11. The molecule has 2 aromatic carbocycles. The zero-order valence-electron chi connectivity index (χ0n) is 16.9. The Balaban J connectivity index is 1.98. The van der Waals surface area contributed by atoms with Gasteiger partial charge in [-0.25, -0.2) is 5.43 Å². The molecule has 0 aliphatic carbocycles. The number of nitro groups is 1. The fourth-order valence-corrected chi connectivity index (χ4v) is 4.04. The zero-order valence-corrected chi connectivity index (χ0v) is 17.8. The Morgan fingerprint density at radius 3 is 2.52 bits per heavy atom. The quantitative estimate of drug-likeness (QED) is 0.217. The van der Waals surface area contributed by atoms with E-state index in [4.69, 9.17) is 4.18 Å². The van der Waals surface area contributed by atoms with Crippen LogP contribution >= 0.6 is 0 Å². The monoisotopic (exact) mass is 443 g/mol. The van der Waals surface area contributed by atoms with Gasteiger partial charge in [0.1, 0.15) is 10.4 Å². The van der Waals surface area contributed by atoms with Crippen LogP contribution in [-0.2, 0) is 14.3 Å². The fraction of sp³-hybridized carbons (Fsp3) is 0.190. The molecule has 0 bridgehead atoms. The topological polar surface area (TPSA) is 119 Å². The molecule has 1 N–H and O–H groups in total. The van der Waals surface area contributed by atoms with E-state index >= 15 is 0 Å². The van der Waals surface area contributed by atoms with Crippen molar-refractivity contribution in [2.24, 2.45) is 0 Å². The number of Topliss-reactive ketones (excluding diaryl/α,β-unsaturated/α-hetero) is 1. The molecule has 1 atom stereocenters. The van der Waals surface area contributed by atoms with Gasteiger partial charge in [-0.2, -0.15) is 8.42 Å². The van der Waals surface area contributed by atoms with Crippen LogP contribution in [0.5, 0.6) is 0 Å². The van der Waals surface area contributed by atoms with Gasteiger partial charge in [0.2, 0.25) is 5.88 Å². The van der Waals surface area contributed by atoms with Crippen LogP contribution in [0.4, 0.5) is 5.69 Å². The minimum absolute atomic E-state index is 0.0452. The summed E-state index contributed by atoms with van der Waals surface area (Å²) in [5.41, 5.74) is 1.82. The normalized spacial score (nSPS) is 18.4. The molecular weight excluding hydrogens is 422 g/mol. The molecule has 31 heavy (non-hydrogen) atoms. The number of hydrogen-bond acceptors (Lipinski definition) is 8. The number of aryl methyl sites for hydroxylation is 1. The van der Waals surface area contributed by atoms with Crippen molar-refractivity contribution in [3.8, 4) is 0 Å². The van der Waals surface area contributed by atoms with E-state index < -0.39 is 26.4 Å². The van der Waals surface area contributed by atoms with Gasteiger partial charge < -0.3 is 4.18 Å². The van der Waals surface area contributed by atoms with E-state index in [0.717, 1.165) is 5.56 Å². The van der Waals surface area contributed by atoms with Crippen molar-refractivity contribution in [3.63, 3.8) is 0 Å². The van der Waals surface area contributed by atoms with Crippen LogP contribution in [0.1, 0.15) is 22.8 Å². The number of hydrazine groups is 1. The molecule has 0 saturated heterocycles. The summed E-state index contributed by atoms with van der Waals surface area (Å²) >= 11 is 0. The predicted octanol–water partition coefficient (Wildman–Crippen LogP) is 3.10. The number of rotatable bonds is 8. The number of hydrogen-bond donors (Lipinski definition) is 1. The minimum atomic E-state index is -4.18. The number of nitrogens with one attached hydrogen (secondary N) is 1. The van der Waals surface area contributed by atoms with Crippen LogP contribution in [0.3, 0.4) is 0 Å². The number of nitrogens with zero attached hydrogens (tertiary/aromatic N) is 2. The molecule has 9 nitrogen and oxygen atoms in total. The highest BCUT2D eigenvalue weighted by atomic mass is 32.2. The van der Waals surface area contributed by atoms with Crippen molar-refractivity contribution in [2.45, 2.75) is 24.3 Å². The molecule has 0 amide bonds. The van der Waals surface area contributed by atoms with Crippen molar-refractivity contribution < 1.29 is 22.3 Å². The largest absolute Gasteiger partial charge is 0.359 e. The highest BCUT2D eigenvalue weighted by Gasteiger charge is 2.43. The predicted molar refractivity (Wildman–Crippen MR) is 113 cm³/mol. The molecule has 1 aliphatic rings. The molecule has 2 aromatic rings. The van der Waals surface area contributed by atoms with Crippen molar-refractivity contribution >= 4 is 21.6 Å². The number of benzene rings is 2. The van der Waals surface area contributed by atoms with Gasteiger partial charge in [0.05, 0.1) is 17.0 Å². The molecule has 0 aromatic heterocycles. The third-order valence-electron chi connectivity index (χ3n) is 4.68. The Bertz CT molecular complexity index is 1170. The van der Waals surface area contributed by atoms with E-state index in [9.17, 15) is 23.3 Å². The van der Waals surface area contributed by atoms with Gasteiger partial charge in [-0.05, 0) is 32.0 Å². The lowest BCUT2D eigenvalue weighted by atomic mass is 9.91. The first-order valence-corrected chi connectivity index (χ1v) is 10.7. The Morgan fingerprint density at radius 1 is 1.26 bits per heavy atom. The van der Waals surface area contributed by atoms with E-state index in [0.29, 0.717) is 0 Å². The van der Waals surface area contributed by atoms with Gasteiger partial charge in [-0.15, -0.1) is 6.58 Å². The molecule has 1 heterocycles. The molecule has 10 heteroatoms. The summed E-state index contributed by atoms with van der Waals surface area (Å²) in [6.45, 7) is 7.05. The van der Waals surface area contributed by atoms with Crippen LogP contribution in [0, 0.1) is 17.0 Å². The summed E-state index contributed by atoms with van der Waals surface area (Å²) in [5.74, 6) is -0.741. The van der Waals surface area contributed by atoms with E-state index in [1.807, 2.05) is 6.92 Å². The first-order chi connectivity index (χ1) is 14.6. The maximum absolute atomic E-state index is 13.2. The van der Waals surface area contributed by atoms with Crippen LogP contribution in [0.15, 0.2) is 78.0 Å². The minimum Gasteiger partial charge on any atom is -0.359 e. The molecule has 0 spiro atoms. The number of carbonyl (C=O) groups is 1. The molecular formula is C21H21N3O6S. The third-order valence-corrected chi connectivity index (χ3v) is 5.92. The lowest BCUT2D eigenvalue weighted by molar-refractivity contribution is -0.385. The lowest BCUT2D eigenvalue weighted by Gasteiger charge is -2.26. The van der Waals surface area contributed by atoms with Crippen molar-refractivity contribution in [1.82, 2.24) is 10.4 Å². The molecule has 3 rings (SSSR count). The van der Waals surface area contributed by atoms with E-state index in [1.54, 1.807) is 12.1 Å². The summed E-state index contributed by atoms with van der Waals surface area (Å²) in [6.07, 6.45) is 2.78. The highest BCUT2D eigenvalue weighted by molar-refractivity contribution is 7.86.